The van der Waals surface area contributed by atoms with Crippen LogP contribution in [0.1, 0.15) is 38.0 Å². The second kappa shape index (κ2) is 6.67. The van der Waals surface area contributed by atoms with Gasteiger partial charge in [0.25, 0.3) is 0 Å². The molecule has 0 aliphatic carbocycles. The first-order valence-electron chi connectivity index (χ1n) is 7.18. The number of aromatic nitrogens is 2. The minimum atomic E-state index is -0.165. The van der Waals surface area contributed by atoms with E-state index in [9.17, 15) is 0 Å². The van der Waals surface area contributed by atoms with Gasteiger partial charge in [0.05, 0.1) is 36.2 Å². The minimum Gasteiger partial charge on any atom is -0.497 e. The first-order chi connectivity index (χ1) is 9.99. The number of imidazole rings is 1. The van der Waals surface area contributed by atoms with Crippen molar-refractivity contribution in [1.82, 2.24) is 9.55 Å². The molecule has 0 aliphatic heterocycles. The number of alkyl halides is 1. The predicted octanol–water partition coefficient (Wildman–Crippen LogP) is 4.19. The van der Waals surface area contributed by atoms with Crippen molar-refractivity contribution in [1.29, 1.82) is 0 Å². The Bertz CT molecular complexity index is 608. The summed E-state index contributed by atoms with van der Waals surface area (Å²) in [6.07, 6.45) is 0. The fraction of sp³-hybridized carbons (Fsp3) is 0.562. The number of fused-ring (bicyclic) bond motifs is 1. The third-order valence-electron chi connectivity index (χ3n) is 3.72. The van der Waals surface area contributed by atoms with Gasteiger partial charge in [0, 0.05) is 13.2 Å². The fourth-order valence-corrected chi connectivity index (χ4v) is 2.74. The molecule has 2 atom stereocenters. The Hall–Kier alpha value is -1.26. The molecule has 0 fully saturated rings. The Morgan fingerprint density at radius 3 is 2.48 bits per heavy atom. The Labute approximate surface area is 131 Å². The lowest BCUT2D eigenvalue weighted by Crippen LogP contribution is -2.22. The van der Waals surface area contributed by atoms with Crippen LogP contribution in [0.3, 0.4) is 0 Å². The van der Waals surface area contributed by atoms with Crippen LogP contribution in [0.5, 0.6) is 5.75 Å². The van der Waals surface area contributed by atoms with E-state index < -0.39 is 0 Å². The van der Waals surface area contributed by atoms with Gasteiger partial charge in [-0.25, -0.2) is 4.98 Å². The van der Waals surface area contributed by atoms with Crippen LogP contribution in [0.25, 0.3) is 11.0 Å². The van der Waals surface area contributed by atoms with Gasteiger partial charge in [0.1, 0.15) is 11.6 Å². The van der Waals surface area contributed by atoms with E-state index in [1.54, 1.807) is 14.2 Å². The normalized spacial score (nSPS) is 14.6. The summed E-state index contributed by atoms with van der Waals surface area (Å²) in [6.45, 7) is 6.92. The Kier molecular flexibility index (Phi) is 5.12. The quantitative estimate of drug-likeness (QED) is 0.751. The maximum absolute atomic E-state index is 6.35. The van der Waals surface area contributed by atoms with Crippen molar-refractivity contribution in [2.45, 2.75) is 32.2 Å². The zero-order chi connectivity index (χ0) is 15.6. The van der Waals surface area contributed by atoms with E-state index in [0.717, 1.165) is 22.6 Å². The van der Waals surface area contributed by atoms with Gasteiger partial charge >= 0.3 is 0 Å². The summed E-state index contributed by atoms with van der Waals surface area (Å²) in [5, 5.41) is -0.165. The monoisotopic (exact) mass is 310 g/mol. The number of methoxy groups -OCH3 is 2. The molecule has 0 bridgehead atoms. The van der Waals surface area contributed by atoms with Gasteiger partial charge in [-0.05, 0) is 25.0 Å². The Morgan fingerprint density at radius 2 is 1.95 bits per heavy atom. The summed E-state index contributed by atoms with van der Waals surface area (Å²) < 4.78 is 12.9. The van der Waals surface area contributed by atoms with Gasteiger partial charge < -0.3 is 14.0 Å². The van der Waals surface area contributed by atoms with E-state index >= 15 is 0 Å². The molecular formula is C16H23ClN2O2. The van der Waals surface area contributed by atoms with Crippen LogP contribution in [0.4, 0.5) is 0 Å². The maximum Gasteiger partial charge on any atom is 0.128 e. The highest BCUT2D eigenvalue weighted by molar-refractivity contribution is 6.20. The summed E-state index contributed by atoms with van der Waals surface area (Å²) in [4.78, 5) is 4.69. The average Bonchev–Trinajstić information content (AvgIpc) is 2.82. The lowest BCUT2D eigenvalue weighted by molar-refractivity contribution is 0.133. The molecule has 1 aromatic heterocycles. The van der Waals surface area contributed by atoms with Gasteiger partial charge in [-0.2, -0.15) is 0 Å². The van der Waals surface area contributed by atoms with E-state index in [0.29, 0.717) is 12.5 Å². The van der Waals surface area contributed by atoms with Gasteiger partial charge in [-0.15, -0.1) is 11.6 Å². The van der Waals surface area contributed by atoms with Gasteiger partial charge in [-0.1, -0.05) is 13.8 Å². The standard InChI is InChI=1S/C16H23ClN2O2/c1-10(2)15(9-20-4)19-14-8-12(21-5)6-7-13(14)18-16(19)11(3)17/h6-8,10-11,15H,9H2,1-5H3. The Morgan fingerprint density at radius 1 is 1.24 bits per heavy atom. The van der Waals surface area contributed by atoms with Crippen LogP contribution in [0.15, 0.2) is 18.2 Å². The van der Waals surface area contributed by atoms with Crippen molar-refractivity contribution in [3.05, 3.63) is 24.0 Å². The van der Waals surface area contributed by atoms with Crippen LogP contribution in [-0.4, -0.2) is 30.4 Å². The average molecular weight is 311 g/mol. The van der Waals surface area contributed by atoms with E-state index in [1.807, 2.05) is 25.1 Å². The third-order valence-corrected chi connectivity index (χ3v) is 3.91. The lowest BCUT2D eigenvalue weighted by atomic mass is 10.0. The molecule has 116 valence electrons. The largest absolute Gasteiger partial charge is 0.497 e. The second-order valence-corrected chi connectivity index (χ2v) is 6.23. The van der Waals surface area contributed by atoms with E-state index in [2.05, 4.69) is 18.4 Å². The molecule has 1 heterocycles. The third kappa shape index (κ3) is 3.16. The number of rotatable bonds is 6. The zero-order valence-corrected chi connectivity index (χ0v) is 14.0. The first kappa shape index (κ1) is 16.1. The van der Waals surface area contributed by atoms with Crippen LogP contribution in [0.2, 0.25) is 0 Å². The molecule has 5 heteroatoms. The summed E-state index contributed by atoms with van der Waals surface area (Å²) in [6, 6.07) is 6.08. The SMILES string of the molecule is COCC(C(C)C)n1c(C(C)Cl)nc2ccc(OC)cc21. The van der Waals surface area contributed by atoms with Crippen molar-refractivity contribution in [2.24, 2.45) is 5.92 Å². The second-order valence-electron chi connectivity index (χ2n) is 5.58. The van der Waals surface area contributed by atoms with E-state index in [1.165, 1.54) is 0 Å². The number of ether oxygens (including phenoxy) is 2. The van der Waals surface area contributed by atoms with Gasteiger partial charge in [0.2, 0.25) is 0 Å². The predicted molar refractivity (Wildman–Crippen MR) is 86.3 cm³/mol. The van der Waals surface area contributed by atoms with Crippen LogP contribution < -0.4 is 4.74 Å². The molecule has 2 rings (SSSR count). The zero-order valence-electron chi connectivity index (χ0n) is 13.3. The Balaban J connectivity index is 2.68. The van der Waals surface area contributed by atoms with Crippen molar-refractivity contribution in [2.75, 3.05) is 20.8 Å². The van der Waals surface area contributed by atoms with Crippen molar-refractivity contribution < 1.29 is 9.47 Å². The molecule has 1 aromatic carbocycles. The molecule has 0 aliphatic rings. The van der Waals surface area contributed by atoms with Crippen LogP contribution in [-0.2, 0) is 4.74 Å². The summed E-state index contributed by atoms with van der Waals surface area (Å²) in [7, 11) is 3.39. The topological polar surface area (TPSA) is 36.3 Å². The molecule has 0 amide bonds. The number of hydrogen-bond acceptors (Lipinski definition) is 3. The number of halogens is 1. The lowest BCUT2D eigenvalue weighted by Gasteiger charge is -2.25. The summed E-state index contributed by atoms with van der Waals surface area (Å²) in [5.41, 5.74) is 1.97. The summed E-state index contributed by atoms with van der Waals surface area (Å²) in [5.74, 6) is 2.09. The van der Waals surface area contributed by atoms with Gasteiger partial charge in [0.15, 0.2) is 0 Å². The fourth-order valence-electron chi connectivity index (χ4n) is 2.58. The molecule has 21 heavy (non-hydrogen) atoms. The highest BCUT2D eigenvalue weighted by atomic mass is 35.5. The highest BCUT2D eigenvalue weighted by Gasteiger charge is 2.24. The van der Waals surface area contributed by atoms with Crippen LogP contribution in [0, 0.1) is 5.92 Å². The maximum atomic E-state index is 6.35. The van der Waals surface area contributed by atoms with Gasteiger partial charge in [-0.3, -0.25) is 0 Å². The molecular weight excluding hydrogens is 288 g/mol. The number of benzene rings is 1. The smallest absolute Gasteiger partial charge is 0.128 e. The molecule has 2 unspecified atom stereocenters. The van der Waals surface area contributed by atoms with Crippen molar-refractivity contribution >= 4 is 22.6 Å². The molecule has 4 nitrogen and oxygen atoms in total. The molecule has 0 saturated heterocycles. The number of hydrogen-bond donors (Lipinski definition) is 0. The summed E-state index contributed by atoms with van der Waals surface area (Å²) >= 11 is 6.35. The minimum absolute atomic E-state index is 0.165. The highest BCUT2D eigenvalue weighted by Crippen LogP contribution is 2.33. The van der Waals surface area contributed by atoms with Crippen LogP contribution >= 0.6 is 11.6 Å². The molecule has 0 radical (unpaired) electrons. The number of nitrogens with zero attached hydrogens (tertiary/aromatic N) is 2. The van der Waals surface area contributed by atoms with Crippen molar-refractivity contribution in [3.8, 4) is 5.75 Å². The molecule has 0 saturated carbocycles. The molecule has 0 spiro atoms. The first-order valence-corrected chi connectivity index (χ1v) is 7.62. The molecule has 0 N–H and O–H groups in total. The van der Waals surface area contributed by atoms with E-state index in [4.69, 9.17) is 26.1 Å². The molecule has 2 aromatic rings. The van der Waals surface area contributed by atoms with Crippen molar-refractivity contribution in [3.63, 3.8) is 0 Å². The van der Waals surface area contributed by atoms with E-state index in [-0.39, 0.29) is 11.4 Å².